The van der Waals surface area contributed by atoms with Crippen molar-refractivity contribution < 1.29 is 13.9 Å². The number of nitrogens with one attached hydrogen (secondary N) is 1. The smallest absolute Gasteiger partial charge is 0.322 e. The van der Waals surface area contributed by atoms with Crippen LogP contribution in [-0.4, -0.2) is 66.7 Å². The molecule has 1 amide bonds. The van der Waals surface area contributed by atoms with E-state index in [0.717, 1.165) is 30.9 Å². The number of nitrogens with zero attached hydrogens (tertiary/aromatic N) is 8. The first-order valence-corrected chi connectivity index (χ1v) is 13.8. The highest BCUT2D eigenvalue weighted by Crippen LogP contribution is 2.44. The molecule has 216 valence electrons. The molecule has 42 heavy (non-hydrogen) atoms. The zero-order chi connectivity index (χ0) is 29.4. The molecule has 0 bridgehead atoms. The number of halogens is 1. The Balaban J connectivity index is 1.29. The van der Waals surface area contributed by atoms with E-state index in [1.54, 1.807) is 36.8 Å². The molecule has 6 rings (SSSR count). The standard InChI is InChI=1S/C30H32FN9O2/c1-5-26(41)38-11-9-30(16-38)17-39(18-30)27-23(14-33-28(37-27)36-22-13-34-40(15-22)19(2)3)21-6-7-25(24(31)12-21)42-29-32-10-8-20(4)35-29/h5-8,10,12-15,19H,1,9,11,16-18H2,2-4H3,(H,33,36,37). The van der Waals surface area contributed by atoms with Crippen molar-refractivity contribution in [3.05, 3.63) is 73.2 Å². The minimum atomic E-state index is -0.554. The average molecular weight is 570 g/mol. The van der Waals surface area contributed by atoms with Crippen LogP contribution in [0.4, 0.5) is 21.8 Å². The van der Waals surface area contributed by atoms with Crippen LogP contribution in [0.1, 0.15) is 32.0 Å². The van der Waals surface area contributed by atoms with Crippen LogP contribution in [0.2, 0.25) is 0 Å². The van der Waals surface area contributed by atoms with Crippen molar-refractivity contribution in [2.45, 2.75) is 33.2 Å². The van der Waals surface area contributed by atoms with E-state index in [4.69, 9.17) is 9.72 Å². The first kappa shape index (κ1) is 27.3. The van der Waals surface area contributed by atoms with Gasteiger partial charge < -0.3 is 19.9 Å². The molecule has 0 aliphatic carbocycles. The number of carbonyl (C=O) groups excluding carboxylic acids is 1. The Morgan fingerprint density at radius 1 is 1.17 bits per heavy atom. The molecule has 2 saturated heterocycles. The van der Waals surface area contributed by atoms with Crippen LogP contribution in [0.3, 0.4) is 0 Å². The fraction of sp³-hybridized carbons (Fsp3) is 0.333. The van der Waals surface area contributed by atoms with Gasteiger partial charge in [0.1, 0.15) is 5.82 Å². The highest BCUT2D eigenvalue weighted by Gasteiger charge is 2.49. The van der Waals surface area contributed by atoms with Crippen LogP contribution in [-0.2, 0) is 4.79 Å². The summed E-state index contributed by atoms with van der Waals surface area (Å²) < 4.78 is 22.7. The fourth-order valence-corrected chi connectivity index (χ4v) is 5.44. The molecule has 1 spiro atoms. The van der Waals surface area contributed by atoms with Gasteiger partial charge in [0.2, 0.25) is 11.9 Å². The number of aromatic nitrogens is 6. The van der Waals surface area contributed by atoms with Crippen LogP contribution >= 0.6 is 0 Å². The third-order valence-corrected chi connectivity index (χ3v) is 7.65. The van der Waals surface area contributed by atoms with E-state index < -0.39 is 5.82 Å². The lowest BCUT2D eigenvalue weighted by molar-refractivity contribution is -0.125. The van der Waals surface area contributed by atoms with Gasteiger partial charge in [0, 0.05) is 67.5 Å². The summed E-state index contributed by atoms with van der Waals surface area (Å²) in [7, 11) is 0. The van der Waals surface area contributed by atoms with Crippen molar-refractivity contribution in [2.75, 3.05) is 36.4 Å². The number of ether oxygens (including phenoxy) is 1. The number of aryl methyl sites for hydroxylation is 1. The van der Waals surface area contributed by atoms with Crippen molar-refractivity contribution in [3.8, 4) is 22.9 Å². The van der Waals surface area contributed by atoms with Gasteiger partial charge in [0.25, 0.3) is 0 Å². The maximum absolute atomic E-state index is 15.3. The zero-order valence-corrected chi connectivity index (χ0v) is 23.8. The molecule has 0 radical (unpaired) electrons. The normalized spacial score (nSPS) is 15.6. The molecule has 0 saturated carbocycles. The van der Waals surface area contributed by atoms with Crippen molar-refractivity contribution in [3.63, 3.8) is 0 Å². The van der Waals surface area contributed by atoms with Gasteiger partial charge in [-0.2, -0.15) is 10.1 Å². The molecular weight excluding hydrogens is 537 g/mol. The first-order chi connectivity index (χ1) is 20.2. The molecule has 12 heteroatoms. The fourth-order valence-electron chi connectivity index (χ4n) is 5.44. The average Bonchev–Trinajstić information content (AvgIpc) is 3.61. The maximum Gasteiger partial charge on any atom is 0.322 e. The summed E-state index contributed by atoms with van der Waals surface area (Å²) in [5.41, 5.74) is 2.76. The van der Waals surface area contributed by atoms with Gasteiger partial charge in [-0.3, -0.25) is 9.48 Å². The molecule has 1 aromatic carbocycles. The Morgan fingerprint density at radius 3 is 2.71 bits per heavy atom. The summed E-state index contributed by atoms with van der Waals surface area (Å²) in [5.74, 6) is 0.507. The molecule has 11 nitrogen and oxygen atoms in total. The van der Waals surface area contributed by atoms with Crippen LogP contribution in [0.15, 0.2) is 61.7 Å². The molecule has 1 N–H and O–H groups in total. The number of rotatable bonds is 8. The van der Waals surface area contributed by atoms with E-state index in [1.807, 2.05) is 22.7 Å². The first-order valence-electron chi connectivity index (χ1n) is 13.8. The van der Waals surface area contributed by atoms with Gasteiger partial charge in [-0.15, -0.1) is 0 Å². The van der Waals surface area contributed by atoms with Gasteiger partial charge in [0.05, 0.1) is 11.9 Å². The summed E-state index contributed by atoms with van der Waals surface area (Å²) in [6.45, 7) is 12.4. The lowest BCUT2D eigenvalue weighted by Gasteiger charge is -2.49. The van der Waals surface area contributed by atoms with Crippen LogP contribution in [0.25, 0.3) is 11.1 Å². The van der Waals surface area contributed by atoms with Gasteiger partial charge in [0.15, 0.2) is 11.6 Å². The van der Waals surface area contributed by atoms with E-state index in [-0.39, 0.29) is 29.1 Å². The number of benzene rings is 1. The predicted molar refractivity (Wildman–Crippen MR) is 156 cm³/mol. The third-order valence-electron chi connectivity index (χ3n) is 7.65. The topological polar surface area (TPSA) is 114 Å². The lowest BCUT2D eigenvalue weighted by Crippen LogP contribution is -2.58. The SMILES string of the molecule is C=CC(=O)N1CCC2(C1)CN(c1nc(Nc3cnn(C(C)C)c3)ncc1-c1ccc(Oc3nccc(C)n3)c(F)c1)C2. The number of likely N-dealkylation sites (tertiary alicyclic amines) is 1. The number of hydrogen-bond donors (Lipinski definition) is 1. The molecule has 3 aromatic heterocycles. The summed E-state index contributed by atoms with van der Waals surface area (Å²) >= 11 is 0. The second-order valence-corrected chi connectivity index (χ2v) is 11.2. The summed E-state index contributed by atoms with van der Waals surface area (Å²) in [6.07, 6.45) is 9.16. The summed E-state index contributed by atoms with van der Waals surface area (Å²) in [4.78, 5) is 33.9. The Labute approximate surface area is 243 Å². The zero-order valence-electron chi connectivity index (χ0n) is 23.8. The highest BCUT2D eigenvalue weighted by molar-refractivity contribution is 5.87. The summed E-state index contributed by atoms with van der Waals surface area (Å²) in [6, 6.07) is 6.76. The number of carbonyl (C=O) groups is 1. The Kier molecular flexibility index (Phi) is 7.05. The van der Waals surface area contributed by atoms with E-state index in [2.05, 4.69) is 50.7 Å². The van der Waals surface area contributed by atoms with Crippen molar-refractivity contribution >= 4 is 23.4 Å². The van der Waals surface area contributed by atoms with Crippen LogP contribution in [0.5, 0.6) is 11.8 Å². The number of hydrogen-bond acceptors (Lipinski definition) is 9. The monoisotopic (exact) mass is 569 g/mol. The molecule has 2 aliphatic rings. The summed E-state index contributed by atoms with van der Waals surface area (Å²) in [5, 5.41) is 7.62. The molecule has 0 unspecified atom stereocenters. The predicted octanol–water partition coefficient (Wildman–Crippen LogP) is 4.92. The Hall–Kier alpha value is -4.87. The maximum atomic E-state index is 15.3. The lowest BCUT2D eigenvalue weighted by atomic mass is 9.79. The van der Waals surface area contributed by atoms with Crippen LogP contribution < -0.4 is 15.0 Å². The second-order valence-electron chi connectivity index (χ2n) is 11.2. The number of anilines is 3. The van der Waals surface area contributed by atoms with Gasteiger partial charge in [-0.05, 0) is 57.0 Å². The van der Waals surface area contributed by atoms with Gasteiger partial charge in [-0.1, -0.05) is 12.6 Å². The van der Waals surface area contributed by atoms with Crippen LogP contribution in [0, 0.1) is 18.2 Å². The van der Waals surface area contributed by atoms with Crippen molar-refractivity contribution in [1.29, 1.82) is 0 Å². The molecule has 5 heterocycles. The van der Waals surface area contributed by atoms with E-state index in [1.165, 1.54) is 12.1 Å². The van der Waals surface area contributed by atoms with Crippen molar-refractivity contribution in [1.82, 2.24) is 34.6 Å². The minimum Gasteiger partial charge on any atom is -0.421 e. The molecule has 2 fully saturated rings. The van der Waals surface area contributed by atoms with Gasteiger partial charge in [-0.25, -0.2) is 19.3 Å². The second kappa shape index (κ2) is 10.8. The quantitative estimate of drug-likeness (QED) is 0.295. The molecule has 4 aromatic rings. The van der Waals surface area contributed by atoms with E-state index >= 15 is 4.39 Å². The van der Waals surface area contributed by atoms with E-state index in [0.29, 0.717) is 36.0 Å². The van der Waals surface area contributed by atoms with Gasteiger partial charge >= 0.3 is 6.01 Å². The Bertz CT molecular complexity index is 1650. The van der Waals surface area contributed by atoms with E-state index in [9.17, 15) is 4.79 Å². The molecule has 0 atom stereocenters. The Morgan fingerprint density at radius 2 is 2.00 bits per heavy atom. The molecule has 2 aliphatic heterocycles. The highest BCUT2D eigenvalue weighted by atomic mass is 19.1. The molecular formula is C30H32FN9O2. The third kappa shape index (κ3) is 5.39. The largest absolute Gasteiger partial charge is 0.421 e. The van der Waals surface area contributed by atoms with Crippen molar-refractivity contribution in [2.24, 2.45) is 5.41 Å². The minimum absolute atomic E-state index is 0.0103. The number of amides is 1.